The fourth-order valence-corrected chi connectivity index (χ4v) is 3.17. The van der Waals surface area contributed by atoms with Crippen LogP contribution in [-0.4, -0.2) is 5.78 Å². The summed E-state index contributed by atoms with van der Waals surface area (Å²) in [7, 11) is 0. The van der Waals surface area contributed by atoms with Gasteiger partial charge in [-0.15, -0.1) is 11.3 Å². The van der Waals surface area contributed by atoms with Gasteiger partial charge in [0.1, 0.15) is 0 Å². The van der Waals surface area contributed by atoms with Crippen molar-refractivity contribution < 1.29 is 4.79 Å². The number of nitrogens with two attached hydrogens (primary N) is 1. The number of benzene rings is 1. The smallest absolute Gasteiger partial charge is 0.168 e. The van der Waals surface area contributed by atoms with E-state index in [2.05, 4.69) is 15.9 Å². The highest BCUT2D eigenvalue weighted by Gasteiger charge is 2.10. The normalized spacial score (nSPS) is 10.5. The molecule has 0 saturated carbocycles. The maximum Gasteiger partial charge on any atom is 0.168 e. The lowest BCUT2D eigenvalue weighted by Gasteiger charge is -2.02. The zero-order chi connectivity index (χ0) is 12.4. The third-order valence-electron chi connectivity index (χ3n) is 2.20. The Labute approximate surface area is 117 Å². The average molecular weight is 331 g/mol. The van der Waals surface area contributed by atoms with E-state index in [-0.39, 0.29) is 5.78 Å². The SMILES string of the molecule is Nc1cc(Cl)cc(C(=O)Cc2cc(Br)cs2)c1. The average Bonchev–Trinajstić information content (AvgIpc) is 2.62. The van der Waals surface area contributed by atoms with Crippen LogP contribution in [-0.2, 0) is 6.42 Å². The van der Waals surface area contributed by atoms with E-state index in [0.29, 0.717) is 22.7 Å². The first kappa shape index (κ1) is 12.6. The maximum atomic E-state index is 12.0. The van der Waals surface area contributed by atoms with Gasteiger partial charge in [-0.3, -0.25) is 4.79 Å². The zero-order valence-corrected chi connectivity index (χ0v) is 11.9. The number of anilines is 1. The van der Waals surface area contributed by atoms with E-state index in [1.165, 1.54) is 0 Å². The molecule has 2 nitrogen and oxygen atoms in total. The molecule has 1 aromatic carbocycles. The van der Waals surface area contributed by atoms with E-state index in [1.807, 2.05) is 11.4 Å². The fraction of sp³-hybridized carbons (Fsp3) is 0.0833. The van der Waals surface area contributed by atoms with Gasteiger partial charge >= 0.3 is 0 Å². The summed E-state index contributed by atoms with van der Waals surface area (Å²) in [6.45, 7) is 0. The van der Waals surface area contributed by atoms with Crippen molar-refractivity contribution in [2.75, 3.05) is 5.73 Å². The Balaban J connectivity index is 2.19. The molecule has 1 aromatic heterocycles. The summed E-state index contributed by atoms with van der Waals surface area (Å²) in [5.74, 6) is 0.0218. The van der Waals surface area contributed by atoms with Gasteiger partial charge in [0.15, 0.2) is 5.78 Å². The third-order valence-corrected chi connectivity index (χ3v) is 4.11. The summed E-state index contributed by atoms with van der Waals surface area (Å²) < 4.78 is 0.996. The molecule has 2 aromatic rings. The third kappa shape index (κ3) is 3.31. The van der Waals surface area contributed by atoms with Crippen molar-refractivity contribution in [1.29, 1.82) is 0 Å². The van der Waals surface area contributed by atoms with Crippen molar-refractivity contribution in [3.63, 3.8) is 0 Å². The van der Waals surface area contributed by atoms with Crippen LogP contribution in [0.4, 0.5) is 5.69 Å². The van der Waals surface area contributed by atoms with Gasteiger partial charge in [0.05, 0.1) is 0 Å². The van der Waals surface area contributed by atoms with Gasteiger partial charge in [-0.05, 0) is 40.2 Å². The number of halogens is 2. The van der Waals surface area contributed by atoms with E-state index in [0.717, 1.165) is 9.35 Å². The van der Waals surface area contributed by atoms with Crippen LogP contribution in [0.25, 0.3) is 0 Å². The number of hydrogen-bond acceptors (Lipinski definition) is 3. The predicted octanol–water partition coefficient (Wildman–Crippen LogP) is 4.17. The van der Waals surface area contributed by atoms with Crippen molar-refractivity contribution in [3.05, 3.63) is 49.6 Å². The van der Waals surface area contributed by atoms with Gasteiger partial charge in [0.2, 0.25) is 0 Å². The number of thiophene rings is 1. The molecule has 0 aliphatic rings. The van der Waals surface area contributed by atoms with Crippen LogP contribution in [0.1, 0.15) is 15.2 Å². The number of Topliss-reactive ketones (excluding diaryl/α,β-unsaturated/α-hetero) is 1. The van der Waals surface area contributed by atoms with Gasteiger partial charge < -0.3 is 5.73 Å². The lowest BCUT2D eigenvalue weighted by molar-refractivity contribution is 0.0994. The number of rotatable bonds is 3. The highest BCUT2D eigenvalue weighted by Crippen LogP contribution is 2.23. The molecule has 2 N–H and O–H groups in total. The fourth-order valence-electron chi connectivity index (χ4n) is 1.48. The molecular formula is C12H9BrClNOS. The molecule has 0 bridgehead atoms. The molecule has 0 saturated heterocycles. The standard InChI is InChI=1S/C12H9BrClNOS/c13-8-3-11(17-6-8)5-12(16)7-1-9(14)4-10(15)2-7/h1-4,6H,5,15H2. The molecule has 0 fully saturated rings. The Bertz CT molecular complexity index is 547. The number of nitrogen functional groups attached to an aromatic ring is 1. The Kier molecular flexibility index (Phi) is 3.86. The molecule has 0 amide bonds. The summed E-state index contributed by atoms with van der Waals surface area (Å²) in [4.78, 5) is 13.0. The lowest BCUT2D eigenvalue weighted by Crippen LogP contribution is -2.03. The van der Waals surface area contributed by atoms with Gasteiger partial charge in [-0.1, -0.05) is 11.6 Å². The van der Waals surface area contributed by atoms with E-state index >= 15 is 0 Å². The molecule has 0 aliphatic carbocycles. The van der Waals surface area contributed by atoms with Crippen molar-refractivity contribution in [3.8, 4) is 0 Å². The quantitative estimate of drug-likeness (QED) is 0.678. The molecule has 0 atom stereocenters. The minimum atomic E-state index is 0.0218. The molecule has 0 spiro atoms. The number of hydrogen-bond donors (Lipinski definition) is 1. The minimum Gasteiger partial charge on any atom is -0.399 e. The number of ketones is 1. The Hall–Kier alpha value is -0.840. The molecule has 17 heavy (non-hydrogen) atoms. The predicted molar refractivity (Wildman–Crippen MR) is 75.9 cm³/mol. The molecule has 0 unspecified atom stereocenters. The summed E-state index contributed by atoms with van der Waals surface area (Å²) in [6.07, 6.45) is 0.371. The Morgan fingerprint density at radius 2 is 2.12 bits per heavy atom. The van der Waals surface area contributed by atoms with Crippen LogP contribution in [0.2, 0.25) is 5.02 Å². The monoisotopic (exact) mass is 329 g/mol. The van der Waals surface area contributed by atoms with Gasteiger partial charge in [0.25, 0.3) is 0 Å². The minimum absolute atomic E-state index is 0.0218. The Morgan fingerprint density at radius 3 is 2.71 bits per heavy atom. The highest BCUT2D eigenvalue weighted by atomic mass is 79.9. The van der Waals surface area contributed by atoms with Crippen LogP contribution in [0.15, 0.2) is 34.1 Å². The van der Waals surface area contributed by atoms with Crippen LogP contribution in [0, 0.1) is 0 Å². The van der Waals surface area contributed by atoms with Crippen molar-refractivity contribution in [1.82, 2.24) is 0 Å². The zero-order valence-electron chi connectivity index (χ0n) is 8.74. The molecule has 0 radical (unpaired) electrons. The van der Waals surface area contributed by atoms with Crippen molar-refractivity contribution in [2.45, 2.75) is 6.42 Å². The van der Waals surface area contributed by atoms with Crippen LogP contribution >= 0.6 is 38.9 Å². The number of carbonyl (C=O) groups is 1. The molecule has 0 aliphatic heterocycles. The first-order chi connectivity index (χ1) is 8.04. The Morgan fingerprint density at radius 1 is 1.35 bits per heavy atom. The molecular weight excluding hydrogens is 322 g/mol. The summed E-state index contributed by atoms with van der Waals surface area (Å²) in [5.41, 5.74) is 6.72. The van der Waals surface area contributed by atoms with E-state index in [4.69, 9.17) is 17.3 Å². The van der Waals surface area contributed by atoms with Gasteiger partial charge in [0, 0.05) is 37.4 Å². The molecule has 1 heterocycles. The summed E-state index contributed by atoms with van der Waals surface area (Å²) in [5, 5.41) is 2.44. The van der Waals surface area contributed by atoms with Crippen molar-refractivity contribution in [2.24, 2.45) is 0 Å². The summed E-state index contributed by atoms with van der Waals surface area (Å²) in [6, 6.07) is 6.86. The second-order valence-corrected chi connectivity index (χ2v) is 5.95. The van der Waals surface area contributed by atoms with Crippen LogP contribution in [0.3, 0.4) is 0 Å². The summed E-state index contributed by atoms with van der Waals surface area (Å²) >= 11 is 10.8. The van der Waals surface area contributed by atoms with E-state index < -0.39 is 0 Å². The maximum absolute atomic E-state index is 12.0. The largest absolute Gasteiger partial charge is 0.399 e. The van der Waals surface area contributed by atoms with Gasteiger partial charge in [-0.2, -0.15) is 0 Å². The molecule has 5 heteroatoms. The molecule has 2 rings (SSSR count). The first-order valence-electron chi connectivity index (χ1n) is 4.87. The lowest BCUT2D eigenvalue weighted by atomic mass is 10.1. The first-order valence-corrected chi connectivity index (χ1v) is 6.92. The van der Waals surface area contributed by atoms with Crippen LogP contribution in [0.5, 0.6) is 0 Å². The highest BCUT2D eigenvalue weighted by molar-refractivity contribution is 9.10. The van der Waals surface area contributed by atoms with E-state index in [9.17, 15) is 4.79 Å². The van der Waals surface area contributed by atoms with Crippen molar-refractivity contribution >= 4 is 50.3 Å². The van der Waals surface area contributed by atoms with Crippen LogP contribution < -0.4 is 5.73 Å². The molecule has 88 valence electrons. The number of carbonyl (C=O) groups excluding carboxylic acids is 1. The second kappa shape index (κ2) is 5.21. The van der Waals surface area contributed by atoms with E-state index in [1.54, 1.807) is 29.5 Å². The van der Waals surface area contributed by atoms with Gasteiger partial charge in [-0.25, -0.2) is 0 Å². The topological polar surface area (TPSA) is 43.1 Å². The second-order valence-electron chi connectivity index (χ2n) is 3.60.